The molecule has 0 aliphatic heterocycles. The predicted octanol–water partition coefficient (Wildman–Crippen LogP) is 1.15. The number of hydrogen-bond donors (Lipinski definition) is 0. The second-order valence-electron chi connectivity index (χ2n) is 1.36. The summed E-state index contributed by atoms with van der Waals surface area (Å²) in [5, 5.41) is 10.1. The van der Waals surface area contributed by atoms with Crippen LogP contribution in [0.15, 0.2) is 8.96 Å². The number of rotatable bonds is 2. The molecule has 0 saturated heterocycles. The van der Waals surface area contributed by atoms with Crippen LogP contribution in [0.3, 0.4) is 0 Å². The zero-order valence-corrected chi connectivity index (χ0v) is 7.95. The van der Waals surface area contributed by atoms with Crippen LogP contribution in [0.4, 0.5) is 0 Å². The molecule has 0 aliphatic rings. The highest BCUT2D eigenvalue weighted by atomic mass is 79.9. The summed E-state index contributed by atoms with van der Waals surface area (Å²) in [5.74, 6) is -1.19. The third-order valence-electron chi connectivity index (χ3n) is 0.728. The van der Waals surface area contributed by atoms with Gasteiger partial charge in [-0.2, -0.15) is 0 Å². The summed E-state index contributed by atoms with van der Waals surface area (Å²) in [6, 6.07) is 0. The monoisotopic (exact) mass is 255 g/mol. The van der Waals surface area contributed by atoms with Crippen LogP contribution >= 0.6 is 31.9 Å². The SMILES string of the molecule is CCC(Br)=C(Br)C(=O)[O-]. The normalized spacial score (nSPS) is 12.8. The lowest BCUT2D eigenvalue weighted by Gasteiger charge is -2.01. The molecule has 0 N–H and O–H groups in total. The highest BCUT2D eigenvalue weighted by Gasteiger charge is 1.97. The van der Waals surface area contributed by atoms with Gasteiger partial charge in [-0.1, -0.05) is 22.9 Å². The Bertz CT molecular complexity index is 151. The van der Waals surface area contributed by atoms with E-state index in [4.69, 9.17) is 0 Å². The minimum absolute atomic E-state index is 0.0880. The van der Waals surface area contributed by atoms with Gasteiger partial charge >= 0.3 is 0 Å². The highest BCUT2D eigenvalue weighted by Crippen LogP contribution is 2.19. The van der Waals surface area contributed by atoms with Crippen molar-refractivity contribution < 1.29 is 9.90 Å². The lowest BCUT2D eigenvalue weighted by atomic mass is 10.4. The number of halogens is 2. The third-order valence-corrected chi connectivity index (χ3v) is 3.02. The number of carboxylic acids is 1. The first-order chi connectivity index (χ1) is 4.09. The van der Waals surface area contributed by atoms with E-state index in [1.807, 2.05) is 6.92 Å². The van der Waals surface area contributed by atoms with E-state index >= 15 is 0 Å². The zero-order valence-electron chi connectivity index (χ0n) is 4.78. The van der Waals surface area contributed by atoms with E-state index in [9.17, 15) is 9.90 Å². The Balaban J connectivity index is 4.28. The Hall–Kier alpha value is 0.170. The molecule has 52 valence electrons. The Kier molecular flexibility index (Phi) is 4.14. The zero-order chi connectivity index (χ0) is 7.44. The topological polar surface area (TPSA) is 40.1 Å². The summed E-state index contributed by atoms with van der Waals surface area (Å²) < 4.78 is 0.701. The van der Waals surface area contributed by atoms with Crippen LogP contribution in [-0.2, 0) is 4.79 Å². The van der Waals surface area contributed by atoms with Crippen molar-refractivity contribution in [3.63, 3.8) is 0 Å². The second-order valence-corrected chi connectivity index (χ2v) is 3.11. The quantitative estimate of drug-likeness (QED) is 0.696. The fraction of sp³-hybridized carbons (Fsp3) is 0.400. The minimum atomic E-state index is -1.19. The highest BCUT2D eigenvalue weighted by molar-refractivity contribution is 9.14. The Morgan fingerprint density at radius 2 is 2.00 bits per heavy atom. The van der Waals surface area contributed by atoms with Crippen LogP contribution in [0, 0.1) is 0 Å². The van der Waals surface area contributed by atoms with Gasteiger partial charge in [0.05, 0.1) is 10.5 Å². The summed E-state index contributed by atoms with van der Waals surface area (Å²) in [6.45, 7) is 1.84. The lowest BCUT2D eigenvalue weighted by Crippen LogP contribution is -2.22. The van der Waals surface area contributed by atoms with Crippen molar-refractivity contribution in [3.8, 4) is 0 Å². The molecule has 9 heavy (non-hydrogen) atoms. The van der Waals surface area contributed by atoms with Gasteiger partial charge in [-0.15, -0.1) is 0 Å². The van der Waals surface area contributed by atoms with Crippen LogP contribution in [0.5, 0.6) is 0 Å². The van der Waals surface area contributed by atoms with E-state index in [0.29, 0.717) is 10.9 Å². The molecule has 0 heterocycles. The molecule has 0 amide bonds. The molecule has 0 bridgehead atoms. The number of aliphatic carboxylic acids is 1. The maximum Gasteiger partial charge on any atom is 0.0793 e. The largest absolute Gasteiger partial charge is 0.544 e. The van der Waals surface area contributed by atoms with E-state index < -0.39 is 5.97 Å². The summed E-state index contributed by atoms with van der Waals surface area (Å²) in [7, 11) is 0. The van der Waals surface area contributed by atoms with Crippen LogP contribution in [-0.4, -0.2) is 5.97 Å². The van der Waals surface area contributed by atoms with Gasteiger partial charge in [0, 0.05) is 4.48 Å². The molecule has 0 rings (SSSR count). The molecule has 0 fully saturated rings. The van der Waals surface area contributed by atoms with Crippen LogP contribution in [0.1, 0.15) is 13.3 Å². The Morgan fingerprint density at radius 1 is 1.56 bits per heavy atom. The summed E-state index contributed by atoms with van der Waals surface area (Å²) in [4.78, 5) is 10.1. The molecule has 0 radical (unpaired) electrons. The number of hydrogen-bond acceptors (Lipinski definition) is 2. The van der Waals surface area contributed by atoms with E-state index in [1.54, 1.807) is 0 Å². The Morgan fingerprint density at radius 3 is 2.11 bits per heavy atom. The first kappa shape index (κ1) is 9.17. The van der Waals surface area contributed by atoms with Gasteiger partial charge in [0.2, 0.25) is 0 Å². The summed E-state index contributed by atoms with van der Waals surface area (Å²) in [6.07, 6.45) is 0.647. The fourth-order valence-corrected chi connectivity index (χ4v) is 0.708. The molecule has 0 atom stereocenters. The average Bonchev–Trinajstić information content (AvgIpc) is 1.84. The smallest absolute Gasteiger partial charge is 0.0793 e. The molecule has 4 heteroatoms. The van der Waals surface area contributed by atoms with Gasteiger partial charge in [-0.25, -0.2) is 0 Å². The van der Waals surface area contributed by atoms with Crippen LogP contribution in [0.25, 0.3) is 0 Å². The molecule has 0 unspecified atom stereocenters. The van der Waals surface area contributed by atoms with Crippen molar-refractivity contribution in [2.45, 2.75) is 13.3 Å². The lowest BCUT2D eigenvalue weighted by molar-refractivity contribution is -0.298. The molecular weight excluding hydrogens is 252 g/mol. The number of carboxylic acid groups (broad SMARTS) is 1. The summed E-state index contributed by atoms with van der Waals surface area (Å²) >= 11 is 5.89. The Labute approximate surface area is 70.2 Å². The molecule has 2 nitrogen and oxygen atoms in total. The van der Waals surface area contributed by atoms with Gasteiger partial charge in [-0.05, 0) is 22.4 Å². The molecular formula is C5H5Br2O2-. The van der Waals surface area contributed by atoms with Crippen molar-refractivity contribution >= 4 is 37.8 Å². The molecule has 0 spiro atoms. The van der Waals surface area contributed by atoms with E-state index in [-0.39, 0.29) is 4.48 Å². The van der Waals surface area contributed by atoms with Gasteiger partial charge < -0.3 is 9.90 Å². The predicted molar refractivity (Wildman–Crippen MR) is 40.2 cm³/mol. The van der Waals surface area contributed by atoms with Gasteiger partial charge in [0.25, 0.3) is 0 Å². The maximum atomic E-state index is 10.1. The minimum Gasteiger partial charge on any atom is -0.544 e. The van der Waals surface area contributed by atoms with Crippen molar-refractivity contribution in [1.82, 2.24) is 0 Å². The van der Waals surface area contributed by atoms with Crippen molar-refractivity contribution in [3.05, 3.63) is 8.96 Å². The van der Waals surface area contributed by atoms with Gasteiger partial charge in [-0.3, -0.25) is 0 Å². The van der Waals surface area contributed by atoms with Crippen molar-refractivity contribution in [2.75, 3.05) is 0 Å². The maximum absolute atomic E-state index is 10.1. The van der Waals surface area contributed by atoms with Crippen LogP contribution < -0.4 is 5.11 Å². The third kappa shape index (κ3) is 3.01. The van der Waals surface area contributed by atoms with E-state index in [2.05, 4.69) is 31.9 Å². The van der Waals surface area contributed by atoms with E-state index in [0.717, 1.165) is 0 Å². The number of carbonyl (C=O) groups is 1. The van der Waals surface area contributed by atoms with Crippen molar-refractivity contribution in [1.29, 1.82) is 0 Å². The van der Waals surface area contributed by atoms with Gasteiger partial charge in [0.1, 0.15) is 0 Å². The molecule has 0 saturated carbocycles. The average molecular weight is 257 g/mol. The molecule has 0 aromatic heterocycles. The standard InChI is InChI=1S/C5H6Br2O2/c1-2-3(6)4(7)5(8)9/h2H2,1H3,(H,8,9)/p-1. The fourth-order valence-electron chi connectivity index (χ4n) is 0.266. The van der Waals surface area contributed by atoms with Crippen molar-refractivity contribution in [2.24, 2.45) is 0 Å². The summed E-state index contributed by atoms with van der Waals surface area (Å²) in [5.41, 5.74) is 0. The van der Waals surface area contributed by atoms with Gasteiger partial charge in [0.15, 0.2) is 0 Å². The number of carbonyl (C=O) groups excluding carboxylic acids is 1. The number of allylic oxidation sites excluding steroid dienone is 1. The van der Waals surface area contributed by atoms with E-state index in [1.165, 1.54) is 0 Å². The second kappa shape index (κ2) is 4.06. The molecule has 0 aliphatic carbocycles. The first-order valence-electron chi connectivity index (χ1n) is 2.35. The molecule has 0 aromatic carbocycles. The first-order valence-corrected chi connectivity index (χ1v) is 3.93. The van der Waals surface area contributed by atoms with Crippen LogP contribution in [0.2, 0.25) is 0 Å². The molecule has 0 aromatic rings.